The summed E-state index contributed by atoms with van der Waals surface area (Å²) in [6, 6.07) is 9.50. The average molecular weight is 322 g/mol. The Kier molecular flexibility index (Phi) is 4.74. The van der Waals surface area contributed by atoms with Gasteiger partial charge in [0.05, 0.1) is 28.6 Å². The molecule has 0 fully saturated rings. The van der Waals surface area contributed by atoms with Crippen LogP contribution < -0.4 is 0 Å². The van der Waals surface area contributed by atoms with Gasteiger partial charge in [-0.15, -0.1) is 0 Å². The van der Waals surface area contributed by atoms with E-state index in [4.69, 9.17) is 5.11 Å². The van der Waals surface area contributed by atoms with E-state index in [0.717, 1.165) is 0 Å². The Balaban J connectivity index is 2.19. The molecule has 22 heavy (non-hydrogen) atoms. The monoisotopic (exact) mass is 322 g/mol. The van der Waals surface area contributed by atoms with Crippen LogP contribution in [0.3, 0.4) is 0 Å². The van der Waals surface area contributed by atoms with Gasteiger partial charge in [0.2, 0.25) is 0 Å². The van der Waals surface area contributed by atoms with Crippen molar-refractivity contribution in [2.24, 2.45) is 10.2 Å². The molecule has 0 aromatic heterocycles. The van der Waals surface area contributed by atoms with Crippen molar-refractivity contribution in [2.75, 3.05) is 12.4 Å². The van der Waals surface area contributed by atoms with Crippen LogP contribution in [-0.4, -0.2) is 36.1 Å². The van der Waals surface area contributed by atoms with Crippen LogP contribution in [0.5, 0.6) is 11.5 Å². The van der Waals surface area contributed by atoms with Crippen molar-refractivity contribution in [3.05, 3.63) is 42.5 Å². The third-order valence-corrected chi connectivity index (χ3v) is 4.43. The van der Waals surface area contributed by atoms with Crippen molar-refractivity contribution in [3.8, 4) is 11.5 Å². The topological polar surface area (TPSA) is 120 Å². The van der Waals surface area contributed by atoms with Gasteiger partial charge in [-0.25, -0.2) is 8.42 Å². The molecule has 0 saturated heterocycles. The van der Waals surface area contributed by atoms with Gasteiger partial charge in [0.25, 0.3) is 0 Å². The number of hydrogen-bond donors (Lipinski definition) is 3. The summed E-state index contributed by atoms with van der Waals surface area (Å²) >= 11 is 0. The van der Waals surface area contributed by atoms with E-state index in [9.17, 15) is 18.6 Å². The smallest absolute Gasteiger partial charge is 0.180 e. The molecule has 2 aromatic carbocycles. The van der Waals surface area contributed by atoms with Gasteiger partial charge in [-0.05, 0) is 24.3 Å². The first-order chi connectivity index (χ1) is 10.4. The fourth-order valence-electron chi connectivity index (χ4n) is 1.71. The second kappa shape index (κ2) is 6.54. The Morgan fingerprint density at radius 3 is 1.95 bits per heavy atom. The molecule has 116 valence electrons. The standard InChI is InChI=1S/C14H14N2O5S/c17-5-6-22(20,21)14-3-1-10(2-4-14)15-16-11-7-12(18)9-13(19)8-11/h1-4,7-9,17-19H,5-6H2. The van der Waals surface area contributed by atoms with E-state index >= 15 is 0 Å². The maximum absolute atomic E-state index is 11.7. The number of nitrogens with zero attached hydrogens (tertiary/aromatic N) is 2. The first kappa shape index (κ1) is 15.9. The van der Waals surface area contributed by atoms with E-state index in [1.807, 2.05) is 0 Å². The first-order valence-corrected chi connectivity index (χ1v) is 7.94. The molecule has 0 atom stereocenters. The van der Waals surface area contributed by atoms with Crippen LogP contribution in [-0.2, 0) is 9.84 Å². The summed E-state index contributed by atoms with van der Waals surface area (Å²) < 4.78 is 23.5. The highest BCUT2D eigenvalue weighted by Gasteiger charge is 2.12. The summed E-state index contributed by atoms with van der Waals surface area (Å²) in [7, 11) is -3.49. The van der Waals surface area contributed by atoms with E-state index in [0.29, 0.717) is 5.69 Å². The molecule has 0 bridgehead atoms. The Morgan fingerprint density at radius 1 is 0.864 bits per heavy atom. The lowest BCUT2D eigenvalue weighted by molar-refractivity contribution is 0.319. The highest BCUT2D eigenvalue weighted by atomic mass is 32.2. The molecule has 0 aliphatic carbocycles. The minimum Gasteiger partial charge on any atom is -0.508 e. The second-order valence-corrected chi connectivity index (χ2v) is 6.55. The minimum absolute atomic E-state index is 0.0931. The Morgan fingerprint density at radius 2 is 1.41 bits per heavy atom. The number of aliphatic hydroxyl groups excluding tert-OH is 1. The number of aromatic hydroxyl groups is 2. The Labute approximate surface area is 127 Å². The fourth-order valence-corrected chi connectivity index (χ4v) is 2.74. The minimum atomic E-state index is -3.49. The van der Waals surface area contributed by atoms with Gasteiger partial charge < -0.3 is 15.3 Å². The molecule has 0 spiro atoms. The zero-order chi connectivity index (χ0) is 16.2. The maximum Gasteiger partial charge on any atom is 0.180 e. The molecule has 0 saturated carbocycles. The molecule has 2 aromatic rings. The summed E-state index contributed by atoms with van der Waals surface area (Å²) in [6.45, 7) is -0.440. The molecule has 2 rings (SSSR count). The number of hydrogen-bond acceptors (Lipinski definition) is 7. The van der Waals surface area contributed by atoms with E-state index < -0.39 is 16.4 Å². The number of phenols is 2. The van der Waals surface area contributed by atoms with Crippen molar-refractivity contribution in [1.29, 1.82) is 0 Å². The van der Waals surface area contributed by atoms with Crippen molar-refractivity contribution in [1.82, 2.24) is 0 Å². The van der Waals surface area contributed by atoms with E-state index in [2.05, 4.69) is 10.2 Å². The third kappa shape index (κ3) is 4.03. The van der Waals surface area contributed by atoms with Gasteiger partial charge in [0.15, 0.2) is 9.84 Å². The zero-order valence-corrected chi connectivity index (χ0v) is 12.2. The molecule has 0 radical (unpaired) electrons. The Hall–Kier alpha value is -2.45. The molecular weight excluding hydrogens is 308 g/mol. The molecule has 8 heteroatoms. The number of aliphatic hydroxyl groups is 1. The van der Waals surface area contributed by atoms with Gasteiger partial charge in [-0.2, -0.15) is 10.2 Å². The van der Waals surface area contributed by atoms with Crippen LogP contribution in [0, 0.1) is 0 Å². The molecule has 7 nitrogen and oxygen atoms in total. The number of phenolic OH excluding ortho intramolecular Hbond substituents is 2. The van der Waals surface area contributed by atoms with Crippen LogP contribution in [0.2, 0.25) is 0 Å². The molecular formula is C14H14N2O5S. The highest BCUT2D eigenvalue weighted by molar-refractivity contribution is 7.91. The van der Waals surface area contributed by atoms with E-state index in [1.54, 1.807) is 0 Å². The predicted octanol–water partition coefficient (Wildman–Crippen LogP) is 2.28. The first-order valence-electron chi connectivity index (χ1n) is 6.29. The summed E-state index contributed by atoms with van der Waals surface area (Å²) in [5, 5.41) is 35.1. The van der Waals surface area contributed by atoms with Crippen molar-refractivity contribution >= 4 is 21.2 Å². The Bertz CT molecular complexity index is 765. The molecule has 0 heterocycles. The van der Waals surface area contributed by atoms with Crippen molar-refractivity contribution in [2.45, 2.75) is 4.90 Å². The second-order valence-electron chi connectivity index (χ2n) is 4.44. The molecule has 0 aliphatic heterocycles. The SMILES string of the molecule is O=S(=O)(CCO)c1ccc(N=Nc2cc(O)cc(O)c2)cc1. The summed E-state index contributed by atoms with van der Waals surface area (Å²) in [5.41, 5.74) is 0.667. The molecule has 3 N–H and O–H groups in total. The molecule has 0 unspecified atom stereocenters. The van der Waals surface area contributed by atoms with Gasteiger partial charge in [-0.1, -0.05) is 0 Å². The summed E-state index contributed by atoms with van der Waals surface area (Å²) in [6.07, 6.45) is 0. The number of sulfone groups is 1. The quantitative estimate of drug-likeness (QED) is 0.729. The number of rotatable bonds is 5. The fraction of sp³-hybridized carbons (Fsp3) is 0.143. The van der Waals surface area contributed by atoms with Gasteiger partial charge in [0, 0.05) is 18.2 Å². The van der Waals surface area contributed by atoms with Gasteiger partial charge in [-0.3, -0.25) is 0 Å². The lowest BCUT2D eigenvalue weighted by Gasteiger charge is -2.02. The van der Waals surface area contributed by atoms with Crippen LogP contribution >= 0.6 is 0 Å². The summed E-state index contributed by atoms with van der Waals surface area (Å²) in [5.74, 6) is -0.616. The lowest BCUT2D eigenvalue weighted by atomic mass is 10.3. The summed E-state index contributed by atoms with van der Waals surface area (Å²) in [4.78, 5) is 0.0931. The average Bonchev–Trinajstić information content (AvgIpc) is 2.44. The van der Waals surface area contributed by atoms with Gasteiger partial charge >= 0.3 is 0 Å². The van der Waals surface area contributed by atoms with Crippen molar-refractivity contribution in [3.63, 3.8) is 0 Å². The largest absolute Gasteiger partial charge is 0.508 e. The van der Waals surface area contributed by atoms with Gasteiger partial charge in [0.1, 0.15) is 11.5 Å². The molecule has 0 aliphatic rings. The van der Waals surface area contributed by atoms with Crippen LogP contribution in [0.15, 0.2) is 57.6 Å². The lowest BCUT2D eigenvalue weighted by Crippen LogP contribution is -2.09. The maximum atomic E-state index is 11.7. The highest BCUT2D eigenvalue weighted by Crippen LogP contribution is 2.27. The third-order valence-electron chi connectivity index (χ3n) is 2.72. The normalized spacial score (nSPS) is 11.9. The predicted molar refractivity (Wildman–Crippen MR) is 79.5 cm³/mol. The van der Waals surface area contributed by atoms with E-state index in [1.165, 1.54) is 42.5 Å². The van der Waals surface area contributed by atoms with Crippen molar-refractivity contribution < 1.29 is 23.7 Å². The van der Waals surface area contributed by atoms with E-state index in [-0.39, 0.29) is 27.8 Å². The number of benzene rings is 2. The number of azo groups is 1. The van der Waals surface area contributed by atoms with Crippen LogP contribution in [0.1, 0.15) is 0 Å². The van der Waals surface area contributed by atoms with Crippen LogP contribution in [0.4, 0.5) is 11.4 Å². The van der Waals surface area contributed by atoms with Crippen LogP contribution in [0.25, 0.3) is 0 Å². The zero-order valence-electron chi connectivity index (χ0n) is 11.4. The molecule has 0 amide bonds.